The Labute approximate surface area is 83.4 Å². The zero-order chi connectivity index (χ0) is 10.6. The Morgan fingerprint density at radius 3 is 2.79 bits per heavy atom. The van der Waals surface area contributed by atoms with Crippen LogP contribution in [0, 0.1) is 5.92 Å². The van der Waals surface area contributed by atoms with Gasteiger partial charge in [-0.05, 0) is 12.8 Å². The molecule has 0 fully saturated rings. The van der Waals surface area contributed by atoms with Gasteiger partial charge in [-0.3, -0.25) is 4.98 Å². The number of nitrogens with one attached hydrogen (secondary N) is 1. The minimum atomic E-state index is 0.135. The van der Waals surface area contributed by atoms with Crippen molar-refractivity contribution >= 4 is 11.6 Å². The Morgan fingerprint density at radius 2 is 2.21 bits per heavy atom. The lowest BCUT2D eigenvalue weighted by Crippen LogP contribution is -2.26. The van der Waals surface area contributed by atoms with Gasteiger partial charge in [-0.2, -0.15) is 0 Å². The molecule has 2 atom stereocenters. The fourth-order valence-electron chi connectivity index (χ4n) is 0.984. The van der Waals surface area contributed by atoms with E-state index in [9.17, 15) is 0 Å². The fraction of sp³-hybridized carbons (Fsp3) is 0.556. The van der Waals surface area contributed by atoms with Crippen molar-refractivity contribution in [1.29, 1.82) is 0 Å². The summed E-state index contributed by atoms with van der Waals surface area (Å²) in [5.74, 6) is 1.19. The first kappa shape index (κ1) is 10.7. The summed E-state index contributed by atoms with van der Waals surface area (Å²) < 4.78 is 0. The molecular weight excluding hydrogens is 180 g/mol. The van der Waals surface area contributed by atoms with E-state index in [0.29, 0.717) is 11.6 Å². The molecule has 1 aromatic heterocycles. The Balaban J connectivity index is 2.60. The summed E-state index contributed by atoms with van der Waals surface area (Å²) in [6.07, 6.45) is 3.10. The van der Waals surface area contributed by atoms with E-state index < -0.39 is 0 Å². The Morgan fingerprint density at radius 1 is 1.50 bits per heavy atom. The van der Waals surface area contributed by atoms with Crippen LogP contribution in [0.15, 0.2) is 12.4 Å². The molecule has 2 unspecified atom stereocenters. The minimum absolute atomic E-state index is 0.135. The third-order valence-corrected chi connectivity index (χ3v) is 2.17. The first-order valence-electron chi connectivity index (χ1n) is 4.58. The van der Waals surface area contributed by atoms with Crippen molar-refractivity contribution in [3.05, 3.63) is 12.4 Å². The highest BCUT2D eigenvalue weighted by molar-refractivity contribution is 5.39. The summed E-state index contributed by atoms with van der Waals surface area (Å²) in [6.45, 7) is 4.08. The van der Waals surface area contributed by atoms with Crippen molar-refractivity contribution in [2.24, 2.45) is 5.92 Å². The smallest absolute Gasteiger partial charge is 0.147 e. The van der Waals surface area contributed by atoms with E-state index in [-0.39, 0.29) is 18.6 Å². The maximum absolute atomic E-state index is 8.94. The van der Waals surface area contributed by atoms with Crippen molar-refractivity contribution in [1.82, 2.24) is 9.97 Å². The zero-order valence-corrected chi connectivity index (χ0v) is 8.44. The average Bonchev–Trinajstić information content (AvgIpc) is 2.16. The summed E-state index contributed by atoms with van der Waals surface area (Å²) in [4.78, 5) is 7.96. The summed E-state index contributed by atoms with van der Waals surface area (Å²) in [7, 11) is 0. The zero-order valence-electron chi connectivity index (χ0n) is 8.44. The summed E-state index contributed by atoms with van der Waals surface area (Å²) in [5.41, 5.74) is 5.48. The molecule has 5 heteroatoms. The van der Waals surface area contributed by atoms with Crippen LogP contribution in [0.3, 0.4) is 0 Å². The lowest BCUT2D eigenvalue weighted by atomic mass is 10.1. The van der Waals surface area contributed by atoms with Gasteiger partial charge in [0.25, 0.3) is 0 Å². The van der Waals surface area contributed by atoms with Crippen molar-refractivity contribution in [3.8, 4) is 0 Å². The monoisotopic (exact) mass is 196 g/mol. The van der Waals surface area contributed by atoms with Crippen LogP contribution in [0.25, 0.3) is 0 Å². The van der Waals surface area contributed by atoms with E-state index in [2.05, 4.69) is 15.3 Å². The molecule has 1 rings (SSSR count). The number of rotatable bonds is 4. The van der Waals surface area contributed by atoms with E-state index in [4.69, 9.17) is 10.8 Å². The van der Waals surface area contributed by atoms with Crippen LogP contribution in [0.4, 0.5) is 11.6 Å². The summed E-state index contributed by atoms with van der Waals surface area (Å²) in [5, 5.41) is 12.1. The molecular formula is C9H16N4O. The van der Waals surface area contributed by atoms with Crippen molar-refractivity contribution in [2.45, 2.75) is 19.9 Å². The number of hydrogen-bond acceptors (Lipinski definition) is 5. The second-order valence-corrected chi connectivity index (χ2v) is 3.42. The third kappa shape index (κ3) is 2.85. The molecule has 14 heavy (non-hydrogen) atoms. The van der Waals surface area contributed by atoms with Crippen LogP contribution >= 0.6 is 0 Å². The molecule has 0 saturated carbocycles. The highest BCUT2D eigenvalue weighted by Crippen LogP contribution is 2.09. The quantitative estimate of drug-likeness (QED) is 0.652. The predicted molar refractivity (Wildman–Crippen MR) is 55.8 cm³/mol. The van der Waals surface area contributed by atoms with E-state index in [1.165, 1.54) is 6.20 Å². The van der Waals surface area contributed by atoms with Crippen LogP contribution < -0.4 is 11.1 Å². The minimum Gasteiger partial charge on any atom is -0.396 e. The SMILES string of the molecule is CC(CO)C(C)Nc1cncc(N)n1. The molecule has 0 aliphatic heterocycles. The van der Waals surface area contributed by atoms with Gasteiger partial charge < -0.3 is 16.2 Å². The van der Waals surface area contributed by atoms with E-state index in [1.54, 1.807) is 6.20 Å². The van der Waals surface area contributed by atoms with Crippen molar-refractivity contribution in [3.63, 3.8) is 0 Å². The Hall–Kier alpha value is -1.36. The van der Waals surface area contributed by atoms with Crippen molar-refractivity contribution < 1.29 is 5.11 Å². The van der Waals surface area contributed by atoms with Gasteiger partial charge >= 0.3 is 0 Å². The van der Waals surface area contributed by atoms with Gasteiger partial charge in [0.2, 0.25) is 0 Å². The van der Waals surface area contributed by atoms with Gasteiger partial charge in [-0.25, -0.2) is 4.98 Å². The van der Waals surface area contributed by atoms with Gasteiger partial charge in [-0.1, -0.05) is 6.92 Å². The van der Waals surface area contributed by atoms with E-state index in [0.717, 1.165) is 0 Å². The van der Waals surface area contributed by atoms with Crippen LogP contribution in [0.2, 0.25) is 0 Å². The third-order valence-electron chi connectivity index (χ3n) is 2.17. The second kappa shape index (κ2) is 4.76. The number of nitrogens with two attached hydrogens (primary N) is 1. The molecule has 1 heterocycles. The second-order valence-electron chi connectivity index (χ2n) is 3.42. The predicted octanol–water partition coefficient (Wildman–Crippen LogP) is 0.488. The van der Waals surface area contributed by atoms with Crippen LogP contribution in [-0.2, 0) is 0 Å². The van der Waals surface area contributed by atoms with Gasteiger partial charge in [0.15, 0.2) is 0 Å². The van der Waals surface area contributed by atoms with Gasteiger partial charge in [0, 0.05) is 12.6 Å². The molecule has 0 spiro atoms. The normalized spacial score (nSPS) is 14.8. The number of aliphatic hydroxyl groups excluding tert-OH is 1. The summed E-state index contributed by atoms with van der Waals surface area (Å²) >= 11 is 0. The number of aromatic nitrogens is 2. The average molecular weight is 196 g/mol. The first-order chi connectivity index (χ1) is 6.63. The Kier molecular flexibility index (Phi) is 3.64. The molecule has 0 radical (unpaired) electrons. The molecule has 0 saturated heterocycles. The molecule has 0 aliphatic rings. The van der Waals surface area contributed by atoms with Crippen molar-refractivity contribution in [2.75, 3.05) is 17.7 Å². The number of aliphatic hydroxyl groups is 1. The molecule has 0 aliphatic carbocycles. The van der Waals surface area contributed by atoms with Crippen LogP contribution in [0.5, 0.6) is 0 Å². The lowest BCUT2D eigenvalue weighted by molar-refractivity contribution is 0.226. The topological polar surface area (TPSA) is 84.1 Å². The number of hydrogen-bond donors (Lipinski definition) is 3. The highest BCUT2D eigenvalue weighted by atomic mass is 16.3. The standard InChI is InChI=1S/C9H16N4O/c1-6(5-14)7(2)12-9-4-11-3-8(10)13-9/h3-4,6-7,14H,5H2,1-2H3,(H3,10,12,13). The van der Waals surface area contributed by atoms with Gasteiger partial charge in [0.1, 0.15) is 11.6 Å². The highest BCUT2D eigenvalue weighted by Gasteiger charge is 2.11. The van der Waals surface area contributed by atoms with Crippen LogP contribution in [0.1, 0.15) is 13.8 Å². The lowest BCUT2D eigenvalue weighted by Gasteiger charge is -2.19. The molecule has 1 aromatic rings. The number of nitrogen functional groups attached to an aromatic ring is 1. The first-order valence-corrected chi connectivity index (χ1v) is 4.58. The molecule has 0 bridgehead atoms. The molecule has 0 amide bonds. The van der Waals surface area contributed by atoms with Crippen LogP contribution in [-0.4, -0.2) is 27.7 Å². The van der Waals surface area contributed by atoms with E-state index in [1.807, 2.05) is 13.8 Å². The Bertz CT molecular complexity index is 292. The number of nitrogens with zero attached hydrogens (tertiary/aromatic N) is 2. The molecule has 4 N–H and O–H groups in total. The fourth-order valence-corrected chi connectivity index (χ4v) is 0.984. The molecule has 0 aromatic carbocycles. The van der Waals surface area contributed by atoms with E-state index >= 15 is 0 Å². The van der Waals surface area contributed by atoms with Gasteiger partial charge in [-0.15, -0.1) is 0 Å². The summed E-state index contributed by atoms with van der Waals surface area (Å²) in [6, 6.07) is 0.135. The molecule has 78 valence electrons. The van der Waals surface area contributed by atoms with Gasteiger partial charge in [0.05, 0.1) is 12.4 Å². The molecule has 5 nitrogen and oxygen atoms in total. The maximum atomic E-state index is 8.94. The maximum Gasteiger partial charge on any atom is 0.147 e. The number of anilines is 2. The largest absolute Gasteiger partial charge is 0.396 e.